The maximum atomic E-state index is 6.08. The molecule has 0 saturated heterocycles. The Kier molecular flexibility index (Phi) is 5.48. The molecule has 1 heterocycles. The summed E-state index contributed by atoms with van der Waals surface area (Å²) in [6, 6.07) is 27.9. The van der Waals surface area contributed by atoms with Crippen LogP contribution in [0.5, 0.6) is 5.75 Å². The van der Waals surface area contributed by atoms with Crippen LogP contribution in [0.4, 0.5) is 5.82 Å². The van der Waals surface area contributed by atoms with Crippen molar-refractivity contribution >= 4 is 27.5 Å². The molecule has 0 aliphatic carbocycles. The minimum absolute atomic E-state index is 0.150. The minimum atomic E-state index is 0.150. The SMILES string of the molecule is COc1cccc([C@@H](C)NC(C)c2cc(-c3ccc4[nH]nc(N)c4c3)c3ccccc3c2)c1. The summed E-state index contributed by atoms with van der Waals surface area (Å²) < 4.78 is 5.40. The van der Waals surface area contributed by atoms with Crippen molar-refractivity contribution in [2.45, 2.75) is 25.9 Å². The molecule has 0 aliphatic rings. The lowest BCUT2D eigenvalue weighted by atomic mass is 9.92. The Hall–Kier alpha value is -3.83. The Labute approximate surface area is 193 Å². The topological polar surface area (TPSA) is 76.0 Å². The maximum Gasteiger partial charge on any atom is 0.153 e. The van der Waals surface area contributed by atoms with Crippen LogP contribution < -0.4 is 15.8 Å². The molecule has 0 fully saturated rings. The second-order valence-corrected chi connectivity index (χ2v) is 8.55. The van der Waals surface area contributed by atoms with Gasteiger partial charge in [0.1, 0.15) is 5.75 Å². The minimum Gasteiger partial charge on any atom is -0.497 e. The summed E-state index contributed by atoms with van der Waals surface area (Å²) in [6.07, 6.45) is 0. The molecule has 166 valence electrons. The number of methoxy groups -OCH3 is 1. The highest BCUT2D eigenvalue weighted by Gasteiger charge is 2.15. The fourth-order valence-corrected chi connectivity index (χ4v) is 4.50. The van der Waals surface area contributed by atoms with Crippen LogP contribution in [0.3, 0.4) is 0 Å². The number of nitrogens with two attached hydrogens (primary N) is 1. The number of fused-ring (bicyclic) bond motifs is 2. The molecular weight excluding hydrogens is 408 g/mol. The van der Waals surface area contributed by atoms with Crippen molar-refractivity contribution in [3.8, 4) is 16.9 Å². The lowest BCUT2D eigenvalue weighted by Crippen LogP contribution is -2.22. The summed E-state index contributed by atoms with van der Waals surface area (Å²) in [6.45, 7) is 4.39. The van der Waals surface area contributed by atoms with E-state index >= 15 is 0 Å². The Balaban J connectivity index is 1.54. The quantitative estimate of drug-likeness (QED) is 0.288. The predicted molar refractivity (Wildman–Crippen MR) is 136 cm³/mol. The third-order valence-electron chi connectivity index (χ3n) is 6.38. The van der Waals surface area contributed by atoms with Crippen LogP contribution in [-0.4, -0.2) is 17.3 Å². The number of rotatable bonds is 6. The van der Waals surface area contributed by atoms with Gasteiger partial charge in [-0.15, -0.1) is 0 Å². The Bertz CT molecular complexity index is 1440. The molecule has 0 spiro atoms. The monoisotopic (exact) mass is 436 g/mol. The van der Waals surface area contributed by atoms with Crippen molar-refractivity contribution in [1.82, 2.24) is 15.5 Å². The normalized spacial score (nSPS) is 13.3. The zero-order chi connectivity index (χ0) is 22.9. The van der Waals surface area contributed by atoms with Gasteiger partial charge in [-0.1, -0.05) is 42.5 Å². The van der Waals surface area contributed by atoms with Gasteiger partial charge in [0.25, 0.3) is 0 Å². The zero-order valence-electron chi connectivity index (χ0n) is 19.1. The Morgan fingerprint density at radius 1 is 0.848 bits per heavy atom. The van der Waals surface area contributed by atoms with Crippen molar-refractivity contribution < 1.29 is 4.74 Å². The van der Waals surface area contributed by atoms with Crippen LogP contribution in [0, 0.1) is 0 Å². The van der Waals surface area contributed by atoms with Gasteiger partial charge in [-0.05, 0) is 83.3 Å². The second-order valence-electron chi connectivity index (χ2n) is 8.55. The summed E-state index contributed by atoms with van der Waals surface area (Å²) in [5.41, 5.74) is 11.8. The molecule has 0 saturated carbocycles. The zero-order valence-corrected chi connectivity index (χ0v) is 19.1. The van der Waals surface area contributed by atoms with Gasteiger partial charge < -0.3 is 15.8 Å². The molecule has 5 rings (SSSR count). The van der Waals surface area contributed by atoms with E-state index in [2.05, 4.69) is 90.0 Å². The van der Waals surface area contributed by atoms with Gasteiger partial charge in [0, 0.05) is 17.5 Å². The van der Waals surface area contributed by atoms with E-state index in [0.29, 0.717) is 5.82 Å². The van der Waals surface area contributed by atoms with Crippen LogP contribution in [0.15, 0.2) is 78.9 Å². The molecule has 2 atom stereocenters. The fourth-order valence-electron chi connectivity index (χ4n) is 4.50. The number of aromatic amines is 1. The van der Waals surface area contributed by atoms with Crippen molar-refractivity contribution in [3.63, 3.8) is 0 Å². The molecule has 5 aromatic rings. The van der Waals surface area contributed by atoms with E-state index in [0.717, 1.165) is 22.2 Å². The summed E-state index contributed by atoms with van der Waals surface area (Å²) in [5.74, 6) is 1.39. The van der Waals surface area contributed by atoms with E-state index in [1.165, 1.54) is 27.5 Å². The van der Waals surface area contributed by atoms with Gasteiger partial charge in [-0.25, -0.2) is 0 Å². The first-order valence-electron chi connectivity index (χ1n) is 11.2. The maximum absolute atomic E-state index is 6.08. The van der Waals surface area contributed by atoms with E-state index in [9.17, 15) is 0 Å². The van der Waals surface area contributed by atoms with Crippen LogP contribution in [0.2, 0.25) is 0 Å². The molecule has 1 aromatic heterocycles. The number of aromatic nitrogens is 2. The summed E-state index contributed by atoms with van der Waals surface area (Å²) in [5, 5.41) is 14.3. The third-order valence-corrected chi connectivity index (χ3v) is 6.38. The van der Waals surface area contributed by atoms with Gasteiger partial charge in [0.15, 0.2) is 5.82 Å². The molecular formula is C28H28N4O. The average Bonchev–Trinajstić information content (AvgIpc) is 3.23. The molecule has 4 N–H and O–H groups in total. The van der Waals surface area contributed by atoms with Gasteiger partial charge in [-0.3, -0.25) is 5.10 Å². The van der Waals surface area contributed by atoms with E-state index in [-0.39, 0.29) is 12.1 Å². The Morgan fingerprint density at radius 3 is 2.52 bits per heavy atom. The number of benzene rings is 4. The van der Waals surface area contributed by atoms with Crippen LogP contribution >= 0.6 is 0 Å². The smallest absolute Gasteiger partial charge is 0.153 e. The molecule has 4 aromatic carbocycles. The molecule has 5 heteroatoms. The Morgan fingerprint density at radius 2 is 1.67 bits per heavy atom. The molecule has 0 amide bonds. The molecule has 0 radical (unpaired) electrons. The summed E-state index contributed by atoms with van der Waals surface area (Å²) in [4.78, 5) is 0. The number of nitrogens with one attached hydrogen (secondary N) is 2. The number of nitrogen functional groups attached to an aromatic ring is 1. The molecule has 33 heavy (non-hydrogen) atoms. The molecule has 0 bridgehead atoms. The number of hydrogen-bond donors (Lipinski definition) is 3. The van der Waals surface area contributed by atoms with Crippen molar-refractivity contribution in [1.29, 1.82) is 0 Å². The highest BCUT2D eigenvalue weighted by Crippen LogP contribution is 2.35. The van der Waals surface area contributed by atoms with Gasteiger partial charge in [0.2, 0.25) is 0 Å². The lowest BCUT2D eigenvalue weighted by molar-refractivity contribution is 0.412. The first-order valence-corrected chi connectivity index (χ1v) is 11.2. The van der Waals surface area contributed by atoms with Gasteiger partial charge in [0.05, 0.1) is 12.6 Å². The second kappa shape index (κ2) is 8.60. The van der Waals surface area contributed by atoms with E-state index in [4.69, 9.17) is 10.5 Å². The van der Waals surface area contributed by atoms with E-state index in [1.54, 1.807) is 7.11 Å². The number of hydrogen-bond acceptors (Lipinski definition) is 4. The van der Waals surface area contributed by atoms with Crippen LogP contribution in [0.25, 0.3) is 32.8 Å². The van der Waals surface area contributed by atoms with Gasteiger partial charge in [-0.2, -0.15) is 5.10 Å². The molecule has 0 aliphatic heterocycles. The molecule has 5 nitrogen and oxygen atoms in total. The fraction of sp³-hybridized carbons (Fsp3) is 0.179. The predicted octanol–water partition coefficient (Wildman–Crippen LogP) is 6.39. The lowest BCUT2D eigenvalue weighted by Gasteiger charge is -2.22. The highest BCUT2D eigenvalue weighted by molar-refractivity contribution is 6.00. The van der Waals surface area contributed by atoms with E-state index < -0.39 is 0 Å². The highest BCUT2D eigenvalue weighted by atomic mass is 16.5. The summed E-state index contributed by atoms with van der Waals surface area (Å²) >= 11 is 0. The van der Waals surface area contributed by atoms with Crippen LogP contribution in [-0.2, 0) is 0 Å². The summed E-state index contributed by atoms with van der Waals surface area (Å²) in [7, 11) is 1.70. The number of nitrogens with zero attached hydrogens (tertiary/aromatic N) is 1. The van der Waals surface area contributed by atoms with Crippen molar-refractivity contribution in [3.05, 3.63) is 90.0 Å². The number of ether oxygens (including phenoxy) is 1. The standard InChI is InChI=1S/C28H28N4O/c1-17(19-8-6-9-23(14-19)33-3)30-18(2)22-13-20-7-4-5-10-24(20)25(16-22)21-11-12-27-26(15-21)28(29)32-31-27/h4-18,30H,1-3H3,(H3,29,31,32)/t17-,18?/m1/s1. The molecule has 1 unspecified atom stereocenters. The largest absolute Gasteiger partial charge is 0.497 e. The first kappa shape index (κ1) is 21.0. The van der Waals surface area contributed by atoms with Crippen molar-refractivity contribution in [2.75, 3.05) is 12.8 Å². The number of H-pyrrole nitrogens is 1. The van der Waals surface area contributed by atoms with E-state index in [1.807, 2.05) is 18.2 Å². The van der Waals surface area contributed by atoms with Crippen LogP contribution in [0.1, 0.15) is 37.1 Å². The average molecular weight is 437 g/mol. The number of anilines is 1. The first-order chi connectivity index (χ1) is 16.0. The van der Waals surface area contributed by atoms with Gasteiger partial charge >= 0.3 is 0 Å². The third kappa shape index (κ3) is 4.03. The van der Waals surface area contributed by atoms with Crippen molar-refractivity contribution in [2.24, 2.45) is 0 Å².